The monoisotopic (exact) mass is 207 g/mol. The average molecular weight is 207 g/mol. The van der Waals surface area contributed by atoms with Crippen molar-refractivity contribution in [3.8, 4) is 0 Å². The summed E-state index contributed by atoms with van der Waals surface area (Å²) < 4.78 is 0. The summed E-state index contributed by atoms with van der Waals surface area (Å²) in [5, 5.41) is 8.97. The molecule has 4 heteroatoms. The summed E-state index contributed by atoms with van der Waals surface area (Å²) in [4.78, 5) is 6.72. The molecule has 1 aliphatic rings. The molecule has 0 bridgehead atoms. The minimum atomic E-state index is -0.368. The Bertz CT molecular complexity index is 323. The van der Waals surface area contributed by atoms with Gasteiger partial charge in [0.25, 0.3) is 0 Å². The molecule has 0 aromatic carbocycles. The van der Waals surface area contributed by atoms with E-state index < -0.39 is 0 Å². The zero-order chi connectivity index (χ0) is 10.7. The van der Waals surface area contributed by atoms with Gasteiger partial charge in [0.05, 0.1) is 18.3 Å². The number of hydrogen-bond donors (Lipinski definition) is 2. The highest BCUT2D eigenvalue weighted by molar-refractivity contribution is 5.40. The highest BCUT2D eigenvalue weighted by atomic mass is 16.3. The van der Waals surface area contributed by atoms with Gasteiger partial charge in [0.1, 0.15) is 5.82 Å². The molecule has 1 aromatic heterocycles. The first-order valence-electron chi connectivity index (χ1n) is 5.39. The summed E-state index contributed by atoms with van der Waals surface area (Å²) in [7, 11) is 0. The van der Waals surface area contributed by atoms with Gasteiger partial charge in [0.15, 0.2) is 0 Å². The standard InChI is InChI=1S/C11H17N3O/c12-9(8-15)10-4-3-5-11(13-10)14-6-1-2-7-14/h3-5,9,15H,1-2,6-8,12H2/t9-/m1/s1. The number of aliphatic hydroxyl groups excluding tert-OH is 1. The van der Waals surface area contributed by atoms with Crippen LogP contribution in [0.5, 0.6) is 0 Å². The first-order chi connectivity index (χ1) is 7.31. The zero-order valence-corrected chi connectivity index (χ0v) is 8.76. The molecule has 1 aliphatic heterocycles. The van der Waals surface area contributed by atoms with Crippen LogP contribution < -0.4 is 10.6 Å². The van der Waals surface area contributed by atoms with Gasteiger partial charge < -0.3 is 15.7 Å². The Morgan fingerprint density at radius 1 is 1.40 bits per heavy atom. The van der Waals surface area contributed by atoms with Crippen molar-refractivity contribution in [1.29, 1.82) is 0 Å². The largest absolute Gasteiger partial charge is 0.394 e. The van der Waals surface area contributed by atoms with E-state index in [9.17, 15) is 0 Å². The molecule has 1 saturated heterocycles. The van der Waals surface area contributed by atoms with Gasteiger partial charge in [-0.25, -0.2) is 4.98 Å². The number of pyridine rings is 1. The summed E-state index contributed by atoms with van der Waals surface area (Å²) in [5.74, 6) is 0.980. The number of rotatable bonds is 3. The Morgan fingerprint density at radius 3 is 2.80 bits per heavy atom. The first-order valence-corrected chi connectivity index (χ1v) is 5.39. The number of nitrogens with two attached hydrogens (primary N) is 1. The van der Waals surface area contributed by atoms with Crippen molar-refractivity contribution in [3.05, 3.63) is 23.9 Å². The van der Waals surface area contributed by atoms with Crippen molar-refractivity contribution < 1.29 is 5.11 Å². The van der Waals surface area contributed by atoms with Crippen LogP contribution in [0.25, 0.3) is 0 Å². The van der Waals surface area contributed by atoms with Crippen molar-refractivity contribution in [3.63, 3.8) is 0 Å². The van der Waals surface area contributed by atoms with Crippen LogP contribution in [-0.2, 0) is 0 Å². The highest BCUT2D eigenvalue weighted by Gasteiger charge is 2.14. The van der Waals surface area contributed by atoms with Crippen LogP contribution in [0.4, 0.5) is 5.82 Å². The first kappa shape index (κ1) is 10.4. The van der Waals surface area contributed by atoms with Crippen molar-refractivity contribution in [1.82, 2.24) is 4.98 Å². The van der Waals surface area contributed by atoms with E-state index in [2.05, 4.69) is 9.88 Å². The van der Waals surface area contributed by atoms with E-state index in [-0.39, 0.29) is 12.6 Å². The molecule has 15 heavy (non-hydrogen) atoms. The van der Waals surface area contributed by atoms with Crippen LogP contribution in [-0.4, -0.2) is 29.8 Å². The van der Waals surface area contributed by atoms with E-state index in [0.717, 1.165) is 24.6 Å². The van der Waals surface area contributed by atoms with Crippen molar-refractivity contribution >= 4 is 5.82 Å². The maximum absolute atomic E-state index is 8.97. The third-order valence-corrected chi connectivity index (χ3v) is 2.76. The Morgan fingerprint density at radius 2 is 2.13 bits per heavy atom. The number of aliphatic hydroxyl groups is 1. The maximum atomic E-state index is 8.97. The summed E-state index contributed by atoms with van der Waals surface area (Å²) in [6.07, 6.45) is 2.47. The van der Waals surface area contributed by atoms with Gasteiger partial charge >= 0.3 is 0 Å². The summed E-state index contributed by atoms with van der Waals surface area (Å²) in [5.41, 5.74) is 6.50. The van der Waals surface area contributed by atoms with E-state index in [4.69, 9.17) is 10.8 Å². The minimum Gasteiger partial charge on any atom is -0.394 e. The number of hydrogen-bond acceptors (Lipinski definition) is 4. The lowest BCUT2D eigenvalue weighted by molar-refractivity contribution is 0.266. The molecule has 0 saturated carbocycles. The molecule has 2 heterocycles. The van der Waals surface area contributed by atoms with Crippen molar-refractivity contribution in [2.75, 3.05) is 24.6 Å². The summed E-state index contributed by atoms with van der Waals surface area (Å²) in [6.45, 7) is 2.09. The van der Waals surface area contributed by atoms with Crippen molar-refractivity contribution in [2.45, 2.75) is 18.9 Å². The van der Waals surface area contributed by atoms with Crippen LogP contribution in [0.15, 0.2) is 18.2 Å². The van der Waals surface area contributed by atoms with Gasteiger partial charge in [-0.2, -0.15) is 0 Å². The number of nitrogens with zero attached hydrogens (tertiary/aromatic N) is 2. The normalized spacial score (nSPS) is 18.1. The van der Waals surface area contributed by atoms with E-state index >= 15 is 0 Å². The molecule has 0 aliphatic carbocycles. The molecule has 2 rings (SSSR count). The van der Waals surface area contributed by atoms with Crippen LogP contribution in [0, 0.1) is 0 Å². The van der Waals surface area contributed by atoms with Crippen LogP contribution in [0.2, 0.25) is 0 Å². The van der Waals surface area contributed by atoms with E-state index in [1.807, 2.05) is 18.2 Å². The Labute approximate surface area is 89.7 Å². The molecular weight excluding hydrogens is 190 g/mol. The van der Waals surface area contributed by atoms with Gasteiger partial charge in [-0.1, -0.05) is 6.07 Å². The van der Waals surface area contributed by atoms with E-state index in [0.29, 0.717) is 0 Å². The summed E-state index contributed by atoms with van der Waals surface area (Å²) in [6, 6.07) is 5.44. The third kappa shape index (κ3) is 2.27. The molecule has 0 unspecified atom stereocenters. The predicted molar refractivity (Wildman–Crippen MR) is 59.7 cm³/mol. The van der Waals surface area contributed by atoms with E-state index in [1.54, 1.807) is 0 Å². The minimum absolute atomic E-state index is 0.0591. The van der Waals surface area contributed by atoms with Crippen LogP contribution in [0.1, 0.15) is 24.6 Å². The lowest BCUT2D eigenvalue weighted by atomic mass is 10.2. The lowest BCUT2D eigenvalue weighted by Crippen LogP contribution is -2.21. The lowest BCUT2D eigenvalue weighted by Gasteiger charge is -2.18. The molecule has 1 atom stereocenters. The van der Waals surface area contributed by atoms with E-state index in [1.165, 1.54) is 12.8 Å². The quantitative estimate of drug-likeness (QED) is 0.765. The Kier molecular flexibility index (Phi) is 3.18. The average Bonchev–Trinajstić information content (AvgIpc) is 2.82. The summed E-state index contributed by atoms with van der Waals surface area (Å²) >= 11 is 0. The predicted octanol–water partition coefficient (Wildman–Crippen LogP) is 0.674. The second kappa shape index (κ2) is 4.59. The number of anilines is 1. The molecule has 1 aromatic rings. The SMILES string of the molecule is N[C@H](CO)c1cccc(N2CCCC2)n1. The molecular formula is C11H17N3O. The third-order valence-electron chi connectivity index (χ3n) is 2.76. The molecule has 0 spiro atoms. The smallest absolute Gasteiger partial charge is 0.128 e. The molecule has 4 nitrogen and oxygen atoms in total. The fourth-order valence-electron chi connectivity index (χ4n) is 1.86. The van der Waals surface area contributed by atoms with Gasteiger partial charge in [0.2, 0.25) is 0 Å². The second-order valence-corrected chi connectivity index (χ2v) is 3.90. The Hall–Kier alpha value is -1.13. The van der Waals surface area contributed by atoms with Gasteiger partial charge in [-0.15, -0.1) is 0 Å². The topological polar surface area (TPSA) is 62.4 Å². The van der Waals surface area contributed by atoms with Crippen LogP contribution >= 0.6 is 0 Å². The zero-order valence-electron chi connectivity index (χ0n) is 8.76. The molecule has 0 amide bonds. The molecule has 82 valence electrons. The molecule has 1 fully saturated rings. The fraction of sp³-hybridized carbons (Fsp3) is 0.545. The van der Waals surface area contributed by atoms with Gasteiger partial charge in [-0.05, 0) is 25.0 Å². The molecule has 3 N–H and O–H groups in total. The maximum Gasteiger partial charge on any atom is 0.128 e. The molecule has 0 radical (unpaired) electrons. The van der Waals surface area contributed by atoms with Gasteiger partial charge in [-0.3, -0.25) is 0 Å². The second-order valence-electron chi connectivity index (χ2n) is 3.90. The highest BCUT2D eigenvalue weighted by Crippen LogP contribution is 2.19. The Balaban J connectivity index is 2.18. The van der Waals surface area contributed by atoms with Gasteiger partial charge in [0, 0.05) is 13.1 Å². The fourth-order valence-corrected chi connectivity index (χ4v) is 1.86. The van der Waals surface area contributed by atoms with Crippen LogP contribution in [0.3, 0.4) is 0 Å². The van der Waals surface area contributed by atoms with Crippen molar-refractivity contribution in [2.24, 2.45) is 5.73 Å². The number of aromatic nitrogens is 1.